The van der Waals surface area contributed by atoms with E-state index in [4.69, 9.17) is 4.74 Å². The summed E-state index contributed by atoms with van der Waals surface area (Å²) < 4.78 is 5.71. The zero-order chi connectivity index (χ0) is 16.2. The maximum absolute atomic E-state index is 12.2. The van der Waals surface area contributed by atoms with Gasteiger partial charge in [0.2, 0.25) is 5.91 Å². The van der Waals surface area contributed by atoms with Crippen LogP contribution in [0, 0.1) is 0 Å². The second-order valence-corrected chi connectivity index (χ2v) is 7.53. The average Bonchev–Trinajstić information content (AvgIpc) is 3.11. The van der Waals surface area contributed by atoms with Crippen molar-refractivity contribution in [2.45, 2.75) is 30.7 Å². The van der Waals surface area contributed by atoms with Gasteiger partial charge in [0.15, 0.2) is 0 Å². The molecule has 3 rings (SSSR count). The van der Waals surface area contributed by atoms with Crippen LogP contribution in [-0.4, -0.2) is 90.8 Å². The van der Waals surface area contributed by atoms with Gasteiger partial charge < -0.3 is 25.2 Å². The molecule has 3 aliphatic heterocycles. The molecule has 0 aromatic rings. The van der Waals surface area contributed by atoms with Crippen LogP contribution >= 0.6 is 11.8 Å². The Morgan fingerprint density at radius 3 is 2.83 bits per heavy atom. The van der Waals surface area contributed by atoms with Gasteiger partial charge in [0.1, 0.15) is 0 Å². The molecule has 0 aromatic carbocycles. The van der Waals surface area contributed by atoms with Gasteiger partial charge in [0, 0.05) is 31.9 Å². The van der Waals surface area contributed by atoms with E-state index >= 15 is 0 Å². The Kier molecular flexibility index (Phi) is 5.66. The normalized spacial score (nSPS) is 30.9. The van der Waals surface area contributed by atoms with Gasteiger partial charge in [-0.1, -0.05) is 6.92 Å². The molecule has 3 saturated heterocycles. The average molecular weight is 342 g/mol. The third kappa shape index (κ3) is 4.10. The molecule has 3 heterocycles. The van der Waals surface area contributed by atoms with Crippen molar-refractivity contribution >= 4 is 23.7 Å². The number of hydrogen-bond acceptors (Lipinski definition) is 5. The number of nitrogens with one attached hydrogen (secondary N) is 2. The number of carbonyl (C=O) groups excluding carboxylic acids is 2. The molecule has 23 heavy (non-hydrogen) atoms. The molecule has 0 radical (unpaired) electrons. The maximum Gasteiger partial charge on any atom is 0.315 e. The third-order valence-electron chi connectivity index (χ3n) is 4.85. The van der Waals surface area contributed by atoms with Gasteiger partial charge >= 0.3 is 6.03 Å². The van der Waals surface area contributed by atoms with Crippen molar-refractivity contribution in [3.63, 3.8) is 0 Å². The van der Waals surface area contributed by atoms with Gasteiger partial charge in [-0.15, -0.1) is 0 Å². The Hall–Kier alpha value is -0.990. The van der Waals surface area contributed by atoms with E-state index in [1.54, 1.807) is 0 Å². The lowest BCUT2D eigenvalue weighted by atomic mass is 10.1. The molecular formula is C15H26N4O3S. The largest absolute Gasteiger partial charge is 0.380 e. The second kappa shape index (κ2) is 7.72. The summed E-state index contributed by atoms with van der Waals surface area (Å²) in [5.41, 5.74) is 0. The highest BCUT2D eigenvalue weighted by Crippen LogP contribution is 2.29. The van der Waals surface area contributed by atoms with Crippen molar-refractivity contribution in [3.05, 3.63) is 0 Å². The molecule has 0 aliphatic carbocycles. The van der Waals surface area contributed by atoms with E-state index in [0.29, 0.717) is 19.6 Å². The molecule has 3 atom stereocenters. The molecule has 3 fully saturated rings. The first kappa shape index (κ1) is 16.9. The van der Waals surface area contributed by atoms with E-state index in [-0.39, 0.29) is 29.3 Å². The van der Waals surface area contributed by atoms with Crippen LogP contribution in [-0.2, 0) is 9.53 Å². The maximum atomic E-state index is 12.2. The van der Waals surface area contributed by atoms with Crippen molar-refractivity contribution < 1.29 is 14.3 Å². The summed E-state index contributed by atoms with van der Waals surface area (Å²) in [4.78, 5) is 27.8. The van der Waals surface area contributed by atoms with Crippen LogP contribution in [0.25, 0.3) is 0 Å². The van der Waals surface area contributed by atoms with Gasteiger partial charge in [-0.25, -0.2) is 4.79 Å². The third-order valence-corrected chi connectivity index (χ3v) is 6.26. The van der Waals surface area contributed by atoms with E-state index in [9.17, 15) is 9.59 Å². The Balaban J connectivity index is 1.31. The van der Waals surface area contributed by atoms with E-state index in [1.165, 1.54) is 0 Å². The molecule has 8 heteroatoms. The van der Waals surface area contributed by atoms with Crippen LogP contribution in [0.4, 0.5) is 4.79 Å². The van der Waals surface area contributed by atoms with Crippen molar-refractivity contribution in [1.82, 2.24) is 20.4 Å². The number of nitrogens with zero attached hydrogens (tertiary/aromatic N) is 2. The molecular weight excluding hydrogens is 316 g/mol. The lowest BCUT2D eigenvalue weighted by Gasteiger charge is -2.34. The summed E-state index contributed by atoms with van der Waals surface area (Å²) in [6.07, 6.45) is 0.447. The molecule has 3 amide bonds. The SMILES string of the molecule is CCN1CCN(C(=O)CCOCC2SCC3NC(=O)NC32)CC1. The second-order valence-electron chi connectivity index (χ2n) is 6.26. The summed E-state index contributed by atoms with van der Waals surface area (Å²) in [5.74, 6) is 1.12. The number of urea groups is 1. The minimum Gasteiger partial charge on any atom is -0.380 e. The summed E-state index contributed by atoms with van der Waals surface area (Å²) in [5, 5.41) is 6.14. The fourth-order valence-electron chi connectivity index (χ4n) is 3.36. The van der Waals surface area contributed by atoms with E-state index in [0.717, 1.165) is 38.5 Å². The molecule has 0 saturated carbocycles. The Morgan fingerprint density at radius 1 is 1.30 bits per heavy atom. The molecule has 2 N–H and O–H groups in total. The molecule has 3 unspecified atom stereocenters. The number of fused-ring (bicyclic) bond motifs is 1. The number of rotatable bonds is 6. The number of hydrogen-bond donors (Lipinski definition) is 2. The van der Waals surface area contributed by atoms with Crippen LogP contribution in [0.1, 0.15) is 13.3 Å². The van der Waals surface area contributed by atoms with Crippen LogP contribution in [0.15, 0.2) is 0 Å². The van der Waals surface area contributed by atoms with Crippen molar-refractivity contribution in [3.8, 4) is 0 Å². The highest BCUT2D eigenvalue weighted by Gasteiger charge is 2.43. The van der Waals surface area contributed by atoms with Crippen LogP contribution < -0.4 is 10.6 Å². The predicted molar refractivity (Wildman–Crippen MR) is 89.6 cm³/mol. The quantitative estimate of drug-likeness (QED) is 0.513. The van der Waals surface area contributed by atoms with Gasteiger partial charge in [-0.05, 0) is 6.54 Å². The lowest BCUT2D eigenvalue weighted by Crippen LogP contribution is -2.48. The molecule has 3 aliphatic rings. The van der Waals surface area contributed by atoms with Gasteiger partial charge in [-0.3, -0.25) is 4.79 Å². The number of amides is 3. The van der Waals surface area contributed by atoms with Gasteiger partial charge in [0.25, 0.3) is 0 Å². The van der Waals surface area contributed by atoms with Gasteiger partial charge in [-0.2, -0.15) is 11.8 Å². The monoisotopic (exact) mass is 342 g/mol. The molecule has 0 bridgehead atoms. The first-order chi connectivity index (χ1) is 11.2. The standard InChI is InChI=1S/C15H26N4O3S/c1-2-18-4-6-19(7-5-18)13(20)3-8-22-9-12-14-11(10-23-12)16-15(21)17-14/h11-12,14H,2-10H2,1H3,(H2,16,17,21). The lowest BCUT2D eigenvalue weighted by molar-refractivity contribution is -0.134. The number of carbonyl (C=O) groups is 2. The minimum atomic E-state index is -0.0771. The summed E-state index contributed by atoms with van der Waals surface area (Å²) in [6, 6.07) is 0.301. The van der Waals surface area contributed by atoms with E-state index in [1.807, 2.05) is 16.7 Å². The Bertz CT molecular complexity index is 442. The minimum absolute atomic E-state index is 0.0771. The fourth-order valence-corrected chi connectivity index (χ4v) is 4.77. The van der Waals surface area contributed by atoms with Gasteiger partial charge in [0.05, 0.1) is 37.0 Å². The highest BCUT2D eigenvalue weighted by molar-refractivity contribution is 8.00. The summed E-state index contributed by atoms with van der Waals surface area (Å²) >= 11 is 1.82. The number of ether oxygens (including phenoxy) is 1. The highest BCUT2D eigenvalue weighted by atomic mass is 32.2. The summed E-state index contributed by atoms with van der Waals surface area (Å²) in [6.45, 7) is 7.85. The van der Waals surface area contributed by atoms with E-state index in [2.05, 4.69) is 22.5 Å². The van der Waals surface area contributed by atoms with Crippen molar-refractivity contribution in [1.29, 1.82) is 0 Å². The Labute approximate surface area is 141 Å². The number of likely N-dealkylation sites (N-methyl/N-ethyl adjacent to an activating group) is 1. The zero-order valence-corrected chi connectivity index (χ0v) is 14.4. The van der Waals surface area contributed by atoms with Crippen molar-refractivity contribution in [2.24, 2.45) is 0 Å². The molecule has 0 spiro atoms. The summed E-state index contributed by atoms with van der Waals surface area (Å²) in [7, 11) is 0. The topological polar surface area (TPSA) is 73.9 Å². The zero-order valence-electron chi connectivity index (χ0n) is 13.6. The molecule has 0 aromatic heterocycles. The first-order valence-electron chi connectivity index (χ1n) is 8.44. The van der Waals surface area contributed by atoms with Crippen LogP contribution in [0.2, 0.25) is 0 Å². The van der Waals surface area contributed by atoms with Crippen molar-refractivity contribution in [2.75, 3.05) is 51.7 Å². The van der Waals surface area contributed by atoms with Crippen LogP contribution in [0.3, 0.4) is 0 Å². The number of thioether (sulfide) groups is 1. The predicted octanol–water partition coefficient (Wildman–Crippen LogP) is -0.277. The first-order valence-corrected chi connectivity index (χ1v) is 9.48. The Morgan fingerprint density at radius 2 is 2.09 bits per heavy atom. The fraction of sp³-hybridized carbons (Fsp3) is 0.867. The molecule has 130 valence electrons. The van der Waals surface area contributed by atoms with E-state index < -0.39 is 0 Å². The van der Waals surface area contributed by atoms with Crippen LogP contribution in [0.5, 0.6) is 0 Å². The molecule has 7 nitrogen and oxygen atoms in total. The smallest absolute Gasteiger partial charge is 0.315 e. The number of piperazine rings is 1.